The molecule has 0 spiro atoms. The van der Waals surface area contributed by atoms with Crippen LogP contribution in [0.2, 0.25) is 10.0 Å². The standard InChI is InChI=1S/C16H15BrCl2O2/c1-20-15-5-3-4-11(16(15)21-2)12(17)8-10-6-7-13(18)14(19)9-10/h3-7,9,12H,8H2,1-2H3. The van der Waals surface area contributed by atoms with E-state index in [0.717, 1.165) is 23.3 Å². The third-order valence-electron chi connectivity index (χ3n) is 3.17. The summed E-state index contributed by atoms with van der Waals surface area (Å²) < 4.78 is 10.8. The number of hydrogen-bond acceptors (Lipinski definition) is 2. The van der Waals surface area contributed by atoms with E-state index in [1.165, 1.54) is 0 Å². The fourth-order valence-electron chi connectivity index (χ4n) is 2.14. The molecule has 0 saturated carbocycles. The number of ether oxygens (including phenoxy) is 2. The average molecular weight is 390 g/mol. The van der Waals surface area contributed by atoms with Crippen molar-refractivity contribution in [3.63, 3.8) is 0 Å². The molecule has 0 saturated heterocycles. The SMILES string of the molecule is COc1cccc(C(Br)Cc2ccc(Cl)c(Cl)c2)c1OC. The monoisotopic (exact) mass is 388 g/mol. The van der Waals surface area contributed by atoms with Crippen molar-refractivity contribution in [1.82, 2.24) is 0 Å². The van der Waals surface area contributed by atoms with Gasteiger partial charge in [-0.2, -0.15) is 0 Å². The van der Waals surface area contributed by atoms with Crippen molar-refractivity contribution < 1.29 is 9.47 Å². The Balaban J connectivity index is 2.27. The summed E-state index contributed by atoms with van der Waals surface area (Å²) in [4.78, 5) is 0.0831. The number of rotatable bonds is 5. The van der Waals surface area contributed by atoms with E-state index in [1.54, 1.807) is 14.2 Å². The molecule has 0 heterocycles. The molecule has 2 rings (SSSR count). The molecule has 2 aromatic rings. The summed E-state index contributed by atoms with van der Waals surface area (Å²) in [5, 5.41) is 1.12. The van der Waals surface area contributed by atoms with Crippen LogP contribution in [0.15, 0.2) is 36.4 Å². The van der Waals surface area contributed by atoms with Crippen molar-refractivity contribution >= 4 is 39.1 Å². The minimum Gasteiger partial charge on any atom is -0.493 e. The Morgan fingerprint density at radius 1 is 1.05 bits per heavy atom. The zero-order valence-corrected chi connectivity index (χ0v) is 14.8. The largest absolute Gasteiger partial charge is 0.493 e. The van der Waals surface area contributed by atoms with Crippen LogP contribution in [-0.2, 0) is 6.42 Å². The zero-order chi connectivity index (χ0) is 15.4. The van der Waals surface area contributed by atoms with Crippen LogP contribution >= 0.6 is 39.1 Å². The van der Waals surface area contributed by atoms with Gasteiger partial charge >= 0.3 is 0 Å². The van der Waals surface area contributed by atoms with E-state index in [-0.39, 0.29) is 4.83 Å². The fraction of sp³-hybridized carbons (Fsp3) is 0.250. The molecule has 2 aromatic carbocycles. The second kappa shape index (κ2) is 7.39. The van der Waals surface area contributed by atoms with Crippen LogP contribution < -0.4 is 9.47 Å². The van der Waals surface area contributed by atoms with Gasteiger partial charge in [-0.1, -0.05) is 57.3 Å². The Labute approximate surface area is 143 Å². The van der Waals surface area contributed by atoms with Crippen molar-refractivity contribution in [2.24, 2.45) is 0 Å². The molecule has 2 nitrogen and oxygen atoms in total. The van der Waals surface area contributed by atoms with E-state index in [0.29, 0.717) is 15.8 Å². The molecule has 0 aliphatic rings. The van der Waals surface area contributed by atoms with E-state index < -0.39 is 0 Å². The molecule has 112 valence electrons. The molecule has 21 heavy (non-hydrogen) atoms. The Bertz CT molecular complexity index is 632. The first-order valence-corrected chi connectivity index (χ1v) is 8.03. The van der Waals surface area contributed by atoms with Gasteiger partial charge in [0, 0.05) is 10.4 Å². The average Bonchev–Trinajstić information content (AvgIpc) is 2.49. The Hall–Kier alpha value is -0.900. The van der Waals surface area contributed by atoms with Crippen molar-refractivity contribution in [2.75, 3.05) is 14.2 Å². The number of alkyl halides is 1. The summed E-state index contributed by atoms with van der Waals surface area (Å²) in [6, 6.07) is 11.5. The van der Waals surface area contributed by atoms with Gasteiger partial charge in [0.15, 0.2) is 11.5 Å². The van der Waals surface area contributed by atoms with Crippen LogP contribution in [0.5, 0.6) is 11.5 Å². The predicted octanol–water partition coefficient (Wildman–Crippen LogP) is 5.69. The smallest absolute Gasteiger partial charge is 0.165 e. The highest BCUT2D eigenvalue weighted by Gasteiger charge is 2.17. The van der Waals surface area contributed by atoms with Gasteiger partial charge in [0.25, 0.3) is 0 Å². The van der Waals surface area contributed by atoms with Gasteiger partial charge in [0.05, 0.1) is 24.3 Å². The maximum Gasteiger partial charge on any atom is 0.165 e. The first kappa shape index (κ1) is 16.5. The van der Waals surface area contributed by atoms with Gasteiger partial charge in [-0.3, -0.25) is 0 Å². The molecule has 0 N–H and O–H groups in total. The number of methoxy groups -OCH3 is 2. The van der Waals surface area contributed by atoms with Crippen molar-refractivity contribution in [1.29, 1.82) is 0 Å². The van der Waals surface area contributed by atoms with Gasteiger partial charge in [-0.05, 0) is 30.2 Å². The number of hydrogen-bond donors (Lipinski definition) is 0. The van der Waals surface area contributed by atoms with Crippen LogP contribution in [0.4, 0.5) is 0 Å². The highest BCUT2D eigenvalue weighted by molar-refractivity contribution is 9.09. The highest BCUT2D eigenvalue weighted by atomic mass is 79.9. The quantitative estimate of drug-likeness (QED) is 0.611. The summed E-state index contributed by atoms with van der Waals surface area (Å²) in [5.41, 5.74) is 2.12. The molecule has 0 amide bonds. The maximum atomic E-state index is 6.06. The molecule has 0 bridgehead atoms. The van der Waals surface area contributed by atoms with E-state index >= 15 is 0 Å². The molecule has 1 atom stereocenters. The molecular formula is C16H15BrCl2O2. The lowest BCUT2D eigenvalue weighted by molar-refractivity contribution is 0.351. The van der Waals surface area contributed by atoms with Gasteiger partial charge in [-0.25, -0.2) is 0 Å². The third kappa shape index (κ3) is 3.85. The summed E-state index contributed by atoms with van der Waals surface area (Å²) in [5.74, 6) is 1.45. The minimum atomic E-state index is 0.0831. The third-order valence-corrected chi connectivity index (χ3v) is 4.73. The van der Waals surface area contributed by atoms with Crippen molar-refractivity contribution in [3.8, 4) is 11.5 Å². The molecule has 0 aliphatic carbocycles. The fourth-order valence-corrected chi connectivity index (χ4v) is 3.20. The van der Waals surface area contributed by atoms with Crippen LogP contribution in [0, 0.1) is 0 Å². The molecule has 1 unspecified atom stereocenters. The van der Waals surface area contributed by atoms with E-state index in [9.17, 15) is 0 Å². The molecule has 0 fully saturated rings. The summed E-state index contributed by atoms with van der Waals surface area (Å²) >= 11 is 15.7. The summed E-state index contributed by atoms with van der Waals surface area (Å²) in [6.07, 6.45) is 0.764. The van der Waals surface area contributed by atoms with Gasteiger partial charge in [-0.15, -0.1) is 0 Å². The maximum absolute atomic E-state index is 6.06. The van der Waals surface area contributed by atoms with E-state index in [1.807, 2.05) is 36.4 Å². The highest BCUT2D eigenvalue weighted by Crippen LogP contribution is 2.39. The molecule has 5 heteroatoms. The van der Waals surface area contributed by atoms with Crippen LogP contribution in [-0.4, -0.2) is 14.2 Å². The van der Waals surface area contributed by atoms with Gasteiger partial charge < -0.3 is 9.47 Å². The number of benzene rings is 2. The lowest BCUT2D eigenvalue weighted by Crippen LogP contribution is -2.01. The summed E-state index contributed by atoms with van der Waals surface area (Å²) in [7, 11) is 3.27. The van der Waals surface area contributed by atoms with Gasteiger partial charge in [0.2, 0.25) is 0 Å². The topological polar surface area (TPSA) is 18.5 Å². The predicted molar refractivity (Wildman–Crippen MR) is 91.4 cm³/mol. The summed E-state index contributed by atoms with van der Waals surface area (Å²) in [6.45, 7) is 0. The first-order chi connectivity index (χ1) is 10.1. The Morgan fingerprint density at radius 2 is 1.81 bits per heavy atom. The van der Waals surface area contributed by atoms with Crippen molar-refractivity contribution in [2.45, 2.75) is 11.2 Å². The van der Waals surface area contributed by atoms with Crippen molar-refractivity contribution in [3.05, 3.63) is 57.6 Å². The Morgan fingerprint density at radius 3 is 2.43 bits per heavy atom. The lowest BCUT2D eigenvalue weighted by atomic mass is 10.0. The van der Waals surface area contributed by atoms with Crippen LogP contribution in [0.25, 0.3) is 0 Å². The molecule has 0 aromatic heterocycles. The number of halogens is 3. The molecular weight excluding hydrogens is 375 g/mol. The molecule has 0 aliphatic heterocycles. The van der Waals surface area contributed by atoms with E-state index in [4.69, 9.17) is 32.7 Å². The Kier molecular flexibility index (Phi) is 5.80. The molecule has 0 radical (unpaired) electrons. The lowest BCUT2D eigenvalue weighted by Gasteiger charge is -2.17. The number of para-hydroxylation sites is 1. The first-order valence-electron chi connectivity index (χ1n) is 6.35. The van der Waals surface area contributed by atoms with Gasteiger partial charge in [0.1, 0.15) is 0 Å². The zero-order valence-electron chi connectivity index (χ0n) is 11.7. The van der Waals surface area contributed by atoms with Crippen LogP contribution in [0.1, 0.15) is 16.0 Å². The second-order valence-corrected chi connectivity index (χ2v) is 6.42. The normalized spacial score (nSPS) is 12.0. The van der Waals surface area contributed by atoms with E-state index in [2.05, 4.69) is 15.9 Å². The minimum absolute atomic E-state index is 0.0831. The van der Waals surface area contributed by atoms with Crippen LogP contribution in [0.3, 0.4) is 0 Å². The second-order valence-electron chi connectivity index (χ2n) is 4.50.